The highest BCUT2D eigenvalue weighted by Crippen LogP contribution is 2.31. The Labute approximate surface area is 138 Å². The van der Waals surface area contributed by atoms with Gasteiger partial charge < -0.3 is 4.90 Å². The molecule has 0 aliphatic carbocycles. The summed E-state index contributed by atoms with van der Waals surface area (Å²) in [5.74, 6) is -3.01. The summed E-state index contributed by atoms with van der Waals surface area (Å²) < 4.78 is 26.6. The van der Waals surface area contributed by atoms with Crippen LogP contribution in [0.25, 0.3) is 10.8 Å². The lowest BCUT2D eigenvalue weighted by Gasteiger charge is -2.31. The van der Waals surface area contributed by atoms with Crippen LogP contribution in [0.2, 0.25) is 5.02 Å². The fourth-order valence-electron chi connectivity index (χ4n) is 2.84. The molecule has 0 saturated carbocycles. The van der Waals surface area contributed by atoms with Crippen LogP contribution in [0.5, 0.6) is 0 Å². The maximum absolute atomic E-state index is 13.3. The number of aromatic nitrogens is 1. The molecule has 0 atom stereocenters. The summed E-state index contributed by atoms with van der Waals surface area (Å²) in [4.78, 5) is 18.7. The van der Waals surface area contributed by atoms with E-state index in [1.807, 2.05) is 25.1 Å². The van der Waals surface area contributed by atoms with E-state index in [1.165, 1.54) is 4.90 Å². The molecular weight excluding hydrogens is 322 g/mol. The van der Waals surface area contributed by atoms with Gasteiger partial charge in [0.05, 0.1) is 5.02 Å². The van der Waals surface area contributed by atoms with Gasteiger partial charge in [-0.3, -0.25) is 4.79 Å². The molecular formula is C17H17ClF2N2O. The summed E-state index contributed by atoms with van der Waals surface area (Å²) >= 11 is 6.26. The largest absolute Gasteiger partial charge is 0.337 e. The molecule has 1 amide bonds. The van der Waals surface area contributed by atoms with Gasteiger partial charge in [0.2, 0.25) is 0 Å². The number of carbonyl (C=O) groups excluding carboxylic acids is 1. The molecule has 0 radical (unpaired) electrons. The van der Waals surface area contributed by atoms with Gasteiger partial charge >= 0.3 is 0 Å². The third kappa shape index (κ3) is 3.15. The average molecular weight is 339 g/mol. The van der Waals surface area contributed by atoms with Crippen molar-refractivity contribution in [2.24, 2.45) is 0 Å². The molecule has 1 aliphatic rings. The van der Waals surface area contributed by atoms with E-state index in [-0.39, 0.29) is 37.5 Å². The molecule has 1 aliphatic heterocycles. The van der Waals surface area contributed by atoms with Crippen LogP contribution in [0, 0.1) is 0 Å². The molecule has 1 aromatic heterocycles. The molecule has 23 heavy (non-hydrogen) atoms. The standard InChI is InChI=1S/C17H17ClF2N2O/c1-2-12-10-11-4-3-5-13(18)14(11)15(21-12)16(23)22-8-6-17(19,20)7-9-22/h3-5,10H,2,6-9H2,1H3. The van der Waals surface area contributed by atoms with Crippen molar-refractivity contribution in [3.05, 3.63) is 40.7 Å². The number of aryl methyl sites for hydroxylation is 1. The predicted molar refractivity (Wildman–Crippen MR) is 86.2 cm³/mol. The molecule has 3 rings (SSSR count). The second-order valence-corrected chi connectivity index (χ2v) is 6.21. The van der Waals surface area contributed by atoms with Crippen LogP contribution in [-0.4, -0.2) is 34.8 Å². The Morgan fingerprint density at radius 3 is 2.70 bits per heavy atom. The number of fused-ring (bicyclic) bond motifs is 1. The minimum Gasteiger partial charge on any atom is -0.337 e. The number of likely N-dealkylation sites (tertiary alicyclic amines) is 1. The monoisotopic (exact) mass is 338 g/mol. The Hall–Kier alpha value is -1.75. The van der Waals surface area contributed by atoms with Crippen LogP contribution in [0.1, 0.15) is 35.9 Å². The fourth-order valence-corrected chi connectivity index (χ4v) is 3.12. The molecule has 0 bridgehead atoms. The lowest BCUT2D eigenvalue weighted by molar-refractivity contribution is -0.0494. The first-order valence-electron chi connectivity index (χ1n) is 7.66. The van der Waals surface area contributed by atoms with Crippen molar-refractivity contribution < 1.29 is 13.6 Å². The Morgan fingerprint density at radius 2 is 2.04 bits per heavy atom. The van der Waals surface area contributed by atoms with E-state index >= 15 is 0 Å². The van der Waals surface area contributed by atoms with Gasteiger partial charge in [-0.15, -0.1) is 0 Å². The first-order chi connectivity index (χ1) is 10.9. The molecule has 0 unspecified atom stereocenters. The van der Waals surface area contributed by atoms with E-state index in [1.54, 1.807) is 6.07 Å². The molecule has 2 heterocycles. The van der Waals surface area contributed by atoms with Crippen LogP contribution >= 0.6 is 11.6 Å². The van der Waals surface area contributed by atoms with Crippen molar-refractivity contribution in [1.29, 1.82) is 0 Å². The van der Waals surface area contributed by atoms with Crippen molar-refractivity contribution in [3.63, 3.8) is 0 Å². The van der Waals surface area contributed by atoms with Gasteiger partial charge in [-0.05, 0) is 23.9 Å². The van der Waals surface area contributed by atoms with E-state index in [9.17, 15) is 13.6 Å². The van der Waals surface area contributed by atoms with Gasteiger partial charge in [-0.2, -0.15) is 0 Å². The van der Waals surface area contributed by atoms with Gasteiger partial charge in [0.15, 0.2) is 0 Å². The summed E-state index contributed by atoms with van der Waals surface area (Å²) in [6.07, 6.45) is 0.0660. The molecule has 122 valence electrons. The number of hydrogen-bond donors (Lipinski definition) is 0. The molecule has 3 nitrogen and oxygen atoms in total. The van der Waals surface area contributed by atoms with Crippen LogP contribution < -0.4 is 0 Å². The number of alkyl halides is 2. The number of halogens is 3. The highest BCUT2D eigenvalue weighted by Gasteiger charge is 2.36. The summed E-state index contributed by atoms with van der Waals surface area (Å²) in [6, 6.07) is 7.31. The smallest absolute Gasteiger partial charge is 0.273 e. The Morgan fingerprint density at radius 1 is 1.35 bits per heavy atom. The van der Waals surface area contributed by atoms with E-state index in [4.69, 9.17) is 11.6 Å². The predicted octanol–water partition coefficient (Wildman–Crippen LogP) is 4.32. The van der Waals surface area contributed by atoms with E-state index in [2.05, 4.69) is 4.98 Å². The lowest BCUT2D eigenvalue weighted by Crippen LogP contribution is -2.43. The quantitative estimate of drug-likeness (QED) is 0.817. The van der Waals surface area contributed by atoms with Gasteiger partial charge in [-0.25, -0.2) is 13.8 Å². The van der Waals surface area contributed by atoms with Crippen molar-refractivity contribution >= 4 is 28.3 Å². The van der Waals surface area contributed by atoms with Gasteiger partial charge in [-0.1, -0.05) is 30.7 Å². The Bertz CT molecular complexity index is 754. The molecule has 1 saturated heterocycles. The highest BCUT2D eigenvalue weighted by molar-refractivity contribution is 6.36. The molecule has 1 aromatic carbocycles. The van der Waals surface area contributed by atoms with Gasteiger partial charge in [0.1, 0.15) is 5.69 Å². The number of amides is 1. The number of hydrogen-bond acceptors (Lipinski definition) is 2. The summed E-state index contributed by atoms with van der Waals surface area (Å²) in [6.45, 7) is 2.03. The zero-order valence-electron chi connectivity index (χ0n) is 12.8. The lowest BCUT2D eigenvalue weighted by atomic mass is 10.0. The minimum absolute atomic E-state index is 0.0375. The highest BCUT2D eigenvalue weighted by atomic mass is 35.5. The molecule has 6 heteroatoms. The number of rotatable bonds is 2. The SMILES string of the molecule is CCc1cc2cccc(Cl)c2c(C(=O)N2CCC(F)(F)CC2)n1. The number of pyridine rings is 1. The van der Waals surface area contributed by atoms with Crippen molar-refractivity contribution in [2.75, 3.05) is 13.1 Å². The van der Waals surface area contributed by atoms with E-state index in [0.29, 0.717) is 16.8 Å². The Kier molecular flexibility index (Phi) is 4.23. The second-order valence-electron chi connectivity index (χ2n) is 5.80. The van der Waals surface area contributed by atoms with Crippen molar-refractivity contribution in [2.45, 2.75) is 32.1 Å². The average Bonchev–Trinajstić information content (AvgIpc) is 2.53. The van der Waals surface area contributed by atoms with Crippen LogP contribution in [0.4, 0.5) is 8.78 Å². The Balaban J connectivity index is 2.03. The second kappa shape index (κ2) is 6.04. The molecule has 0 spiro atoms. The van der Waals surface area contributed by atoms with E-state index < -0.39 is 5.92 Å². The van der Waals surface area contributed by atoms with Crippen LogP contribution in [-0.2, 0) is 6.42 Å². The van der Waals surface area contributed by atoms with Gasteiger partial charge in [0.25, 0.3) is 11.8 Å². The first-order valence-corrected chi connectivity index (χ1v) is 8.04. The summed E-state index contributed by atoms with van der Waals surface area (Å²) in [7, 11) is 0. The van der Waals surface area contributed by atoms with Crippen LogP contribution in [0.15, 0.2) is 24.3 Å². The number of benzene rings is 1. The normalized spacial score (nSPS) is 17.5. The maximum Gasteiger partial charge on any atom is 0.273 e. The van der Waals surface area contributed by atoms with Crippen molar-refractivity contribution in [3.8, 4) is 0 Å². The minimum atomic E-state index is -2.69. The fraction of sp³-hybridized carbons (Fsp3) is 0.412. The third-order valence-corrected chi connectivity index (χ3v) is 4.52. The zero-order valence-corrected chi connectivity index (χ0v) is 13.5. The zero-order chi connectivity index (χ0) is 16.6. The van der Waals surface area contributed by atoms with Crippen molar-refractivity contribution in [1.82, 2.24) is 9.88 Å². The maximum atomic E-state index is 13.3. The molecule has 1 fully saturated rings. The number of nitrogens with zero attached hydrogens (tertiary/aromatic N) is 2. The number of piperidine rings is 1. The van der Waals surface area contributed by atoms with E-state index in [0.717, 1.165) is 11.1 Å². The third-order valence-electron chi connectivity index (χ3n) is 4.21. The van der Waals surface area contributed by atoms with Crippen LogP contribution in [0.3, 0.4) is 0 Å². The summed E-state index contributed by atoms with van der Waals surface area (Å²) in [5, 5.41) is 1.88. The molecule has 0 N–H and O–H groups in total. The van der Waals surface area contributed by atoms with Gasteiger partial charge in [0, 0.05) is 37.0 Å². The summed E-state index contributed by atoms with van der Waals surface area (Å²) in [5.41, 5.74) is 1.04. The topological polar surface area (TPSA) is 33.2 Å². The number of carbonyl (C=O) groups is 1. The first kappa shape index (κ1) is 16.1. The molecule has 2 aromatic rings.